The number of hydrogen-bond acceptors (Lipinski definition) is 4. The van der Waals surface area contributed by atoms with Gasteiger partial charge in [-0.05, 0) is 34.1 Å². The zero-order valence-corrected chi connectivity index (χ0v) is 10.5. The standard InChI is InChI=1S/C10H9BrN4O2/c1-17-6-2-3-8(11)7(4-6)9(16)14-10-12-5-13-15-10/h2-5H,1H3,(H2,12,13,14,15,16). The lowest BCUT2D eigenvalue weighted by Crippen LogP contribution is -2.13. The first kappa shape index (κ1) is 11.6. The Labute approximate surface area is 106 Å². The number of nitrogens with one attached hydrogen (secondary N) is 2. The first-order valence-electron chi connectivity index (χ1n) is 4.71. The number of carbonyl (C=O) groups excluding carboxylic acids is 1. The van der Waals surface area contributed by atoms with Crippen LogP contribution in [0.1, 0.15) is 10.4 Å². The molecule has 1 amide bonds. The lowest BCUT2D eigenvalue weighted by molar-refractivity contribution is 0.102. The van der Waals surface area contributed by atoms with Gasteiger partial charge in [-0.15, -0.1) is 0 Å². The van der Waals surface area contributed by atoms with Gasteiger partial charge in [0.1, 0.15) is 12.1 Å². The molecule has 1 heterocycles. The number of amides is 1. The molecule has 0 unspecified atom stereocenters. The van der Waals surface area contributed by atoms with Crippen molar-refractivity contribution in [3.63, 3.8) is 0 Å². The van der Waals surface area contributed by atoms with E-state index < -0.39 is 0 Å². The number of ether oxygens (including phenoxy) is 1. The predicted molar refractivity (Wildman–Crippen MR) is 65.0 cm³/mol. The lowest BCUT2D eigenvalue weighted by atomic mass is 10.2. The highest BCUT2D eigenvalue weighted by atomic mass is 79.9. The van der Waals surface area contributed by atoms with Gasteiger partial charge in [0.2, 0.25) is 5.95 Å². The van der Waals surface area contributed by atoms with Crippen LogP contribution in [0, 0.1) is 0 Å². The fourth-order valence-corrected chi connectivity index (χ4v) is 1.67. The van der Waals surface area contributed by atoms with Gasteiger partial charge >= 0.3 is 0 Å². The maximum atomic E-state index is 11.9. The maximum absolute atomic E-state index is 11.9. The lowest BCUT2D eigenvalue weighted by Gasteiger charge is -2.06. The summed E-state index contributed by atoms with van der Waals surface area (Å²) in [6.07, 6.45) is 1.32. The van der Waals surface area contributed by atoms with E-state index in [1.807, 2.05) is 0 Å². The Hall–Kier alpha value is -1.89. The van der Waals surface area contributed by atoms with Gasteiger partial charge < -0.3 is 4.74 Å². The topological polar surface area (TPSA) is 79.9 Å². The number of benzene rings is 1. The molecular formula is C10H9BrN4O2. The molecule has 0 aliphatic heterocycles. The van der Waals surface area contributed by atoms with Crippen molar-refractivity contribution in [2.24, 2.45) is 0 Å². The number of hydrogen-bond donors (Lipinski definition) is 2. The largest absolute Gasteiger partial charge is 0.497 e. The highest BCUT2D eigenvalue weighted by Crippen LogP contribution is 2.22. The van der Waals surface area contributed by atoms with E-state index in [1.165, 1.54) is 6.33 Å². The molecule has 0 radical (unpaired) electrons. The van der Waals surface area contributed by atoms with E-state index in [0.717, 1.165) is 0 Å². The Kier molecular flexibility index (Phi) is 3.38. The van der Waals surface area contributed by atoms with E-state index in [-0.39, 0.29) is 5.91 Å². The molecule has 0 bridgehead atoms. The average Bonchev–Trinajstić information content (AvgIpc) is 2.82. The van der Waals surface area contributed by atoms with Crippen LogP contribution in [-0.2, 0) is 0 Å². The summed E-state index contributed by atoms with van der Waals surface area (Å²) in [7, 11) is 1.54. The van der Waals surface area contributed by atoms with Crippen LogP contribution in [0.4, 0.5) is 5.95 Å². The summed E-state index contributed by atoms with van der Waals surface area (Å²) >= 11 is 3.30. The molecule has 0 fully saturated rings. The van der Waals surface area contributed by atoms with Gasteiger partial charge in [-0.3, -0.25) is 10.1 Å². The predicted octanol–water partition coefficient (Wildman–Crippen LogP) is 1.83. The summed E-state index contributed by atoms with van der Waals surface area (Å²) in [4.78, 5) is 15.7. The van der Waals surface area contributed by atoms with E-state index >= 15 is 0 Å². The minimum absolute atomic E-state index is 0.296. The Morgan fingerprint density at radius 3 is 3.00 bits per heavy atom. The number of carbonyl (C=O) groups is 1. The van der Waals surface area contributed by atoms with Crippen LogP contribution in [-0.4, -0.2) is 28.2 Å². The normalized spacial score (nSPS) is 10.0. The second-order valence-corrected chi connectivity index (χ2v) is 3.99. The van der Waals surface area contributed by atoms with Crippen LogP contribution in [0.25, 0.3) is 0 Å². The Balaban J connectivity index is 2.24. The molecule has 1 aromatic carbocycles. The molecule has 6 nitrogen and oxygen atoms in total. The number of rotatable bonds is 3. The Morgan fingerprint density at radius 1 is 1.53 bits per heavy atom. The summed E-state index contributed by atoms with van der Waals surface area (Å²) in [6.45, 7) is 0. The zero-order chi connectivity index (χ0) is 12.3. The van der Waals surface area contributed by atoms with Gasteiger partial charge in [-0.2, -0.15) is 10.1 Å². The first-order valence-corrected chi connectivity index (χ1v) is 5.50. The van der Waals surface area contributed by atoms with Gasteiger partial charge in [-0.25, -0.2) is 5.10 Å². The van der Waals surface area contributed by atoms with Crippen LogP contribution in [0.5, 0.6) is 5.75 Å². The fraction of sp³-hybridized carbons (Fsp3) is 0.100. The van der Waals surface area contributed by atoms with Crippen LogP contribution < -0.4 is 10.1 Å². The van der Waals surface area contributed by atoms with Crippen LogP contribution >= 0.6 is 15.9 Å². The van der Waals surface area contributed by atoms with Crippen molar-refractivity contribution in [2.75, 3.05) is 12.4 Å². The van der Waals surface area contributed by atoms with E-state index in [9.17, 15) is 4.79 Å². The van der Waals surface area contributed by atoms with Crippen molar-refractivity contribution in [1.29, 1.82) is 0 Å². The van der Waals surface area contributed by atoms with Crippen molar-refractivity contribution in [1.82, 2.24) is 15.2 Å². The molecule has 7 heteroatoms. The molecule has 1 aromatic heterocycles. The molecule has 0 spiro atoms. The Morgan fingerprint density at radius 2 is 2.35 bits per heavy atom. The number of nitrogens with zero attached hydrogens (tertiary/aromatic N) is 2. The summed E-state index contributed by atoms with van der Waals surface area (Å²) in [5.41, 5.74) is 0.459. The number of aromatic nitrogens is 3. The number of halogens is 1. The molecule has 88 valence electrons. The summed E-state index contributed by atoms with van der Waals surface area (Å²) in [5.74, 6) is 0.605. The Bertz CT molecular complexity index is 527. The van der Waals surface area contributed by atoms with Crippen LogP contribution in [0.15, 0.2) is 29.0 Å². The second kappa shape index (κ2) is 4.96. The third-order valence-electron chi connectivity index (χ3n) is 2.07. The minimum atomic E-state index is -0.299. The smallest absolute Gasteiger partial charge is 0.259 e. The van der Waals surface area contributed by atoms with Crippen LogP contribution in [0.2, 0.25) is 0 Å². The molecule has 0 aliphatic carbocycles. The average molecular weight is 297 g/mol. The van der Waals surface area contributed by atoms with Gasteiger partial charge in [0.05, 0.1) is 12.7 Å². The zero-order valence-electron chi connectivity index (χ0n) is 8.90. The van der Waals surface area contributed by atoms with E-state index in [2.05, 4.69) is 36.4 Å². The molecule has 17 heavy (non-hydrogen) atoms. The quantitative estimate of drug-likeness (QED) is 0.905. The van der Waals surface area contributed by atoms with Crippen molar-refractivity contribution < 1.29 is 9.53 Å². The van der Waals surface area contributed by atoms with Gasteiger partial charge in [0.15, 0.2) is 0 Å². The molecule has 2 rings (SSSR count). The maximum Gasteiger partial charge on any atom is 0.259 e. The monoisotopic (exact) mass is 296 g/mol. The van der Waals surface area contributed by atoms with Crippen molar-refractivity contribution in [3.05, 3.63) is 34.6 Å². The first-order chi connectivity index (χ1) is 8.20. The van der Waals surface area contributed by atoms with E-state index in [4.69, 9.17) is 4.74 Å². The molecular weight excluding hydrogens is 288 g/mol. The summed E-state index contributed by atoms with van der Waals surface area (Å²) < 4.78 is 5.73. The molecule has 2 N–H and O–H groups in total. The number of methoxy groups -OCH3 is 1. The number of H-pyrrole nitrogens is 1. The van der Waals surface area contributed by atoms with Crippen molar-refractivity contribution in [2.45, 2.75) is 0 Å². The van der Waals surface area contributed by atoms with E-state index in [0.29, 0.717) is 21.7 Å². The van der Waals surface area contributed by atoms with Crippen molar-refractivity contribution in [3.8, 4) is 5.75 Å². The van der Waals surface area contributed by atoms with Gasteiger partial charge in [0.25, 0.3) is 5.91 Å². The highest BCUT2D eigenvalue weighted by Gasteiger charge is 2.12. The summed E-state index contributed by atoms with van der Waals surface area (Å²) in [6, 6.07) is 5.14. The number of aromatic amines is 1. The van der Waals surface area contributed by atoms with E-state index in [1.54, 1.807) is 25.3 Å². The molecule has 0 saturated carbocycles. The van der Waals surface area contributed by atoms with Crippen LogP contribution in [0.3, 0.4) is 0 Å². The highest BCUT2D eigenvalue weighted by molar-refractivity contribution is 9.10. The molecule has 0 atom stereocenters. The molecule has 0 aliphatic rings. The SMILES string of the molecule is COc1ccc(Br)c(C(=O)Nc2ncn[nH]2)c1. The molecule has 0 saturated heterocycles. The van der Waals surface area contributed by atoms with Gasteiger partial charge in [-0.1, -0.05) is 0 Å². The van der Waals surface area contributed by atoms with Crippen molar-refractivity contribution >= 4 is 27.8 Å². The molecule has 2 aromatic rings. The minimum Gasteiger partial charge on any atom is -0.497 e. The third-order valence-corrected chi connectivity index (χ3v) is 2.76. The summed E-state index contributed by atoms with van der Waals surface area (Å²) in [5, 5.41) is 8.76. The third kappa shape index (κ3) is 2.62. The number of anilines is 1. The van der Waals surface area contributed by atoms with Gasteiger partial charge in [0, 0.05) is 4.47 Å². The fourth-order valence-electron chi connectivity index (χ4n) is 1.25. The second-order valence-electron chi connectivity index (χ2n) is 3.13.